The molecule has 0 radical (unpaired) electrons. The van der Waals surface area contributed by atoms with Crippen LogP contribution in [0.15, 0.2) is 33.3 Å². The predicted octanol–water partition coefficient (Wildman–Crippen LogP) is 3.83. The smallest absolute Gasteiger partial charge is 0.237 e. The summed E-state index contributed by atoms with van der Waals surface area (Å²) in [6.45, 7) is 5.48. The first-order chi connectivity index (χ1) is 9.00. The molecule has 5 heteroatoms. The number of hydrogen-bond acceptors (Lipinski definition) is 4. The van der Waals surface area contributed by atoms with Gasteiger partial charge >= 0.3 is 0 Å². The Labute approximate surface area is 120 Å². The van der Waals surface area contributed by atoms with Crippen molar-refractivity contribution in [3.63, 3.8) is 0 Å². The number of nitrogens with zero attached hydrogens (tertiary/aromatic N) is 2. The summed E-state index contributed by atoms with van der Waals surface area (Å²) in [5.74, 6) is 0.703. The second kappa shape index (κ2) is 5.65. The molecule has 1 unspecified atom stereocenters. The van der Waals surface area contributed by atoms with Crippen LogP contribution in [0.1, 0.15) is 32.6 Å². The predicted molar refractivity (Wildman–Crippen MR) is 75.7 cm³/mol. The lowest BCUT2D eigenvalue weighted by Gasteiger charge is -2.12. The van der Waals surface area contributed by atoms with Crippen LogP contribution in [0.25, 0.3) is 11.4 Å². The Morgan fingerprint density at radius 3 is 2.58 bits per heavy atom. The normalized spacial score (nSPS) is 12.7. The van der Waals surface area contributed by atoms with Crippen molar-refractivity contribution in [2.75, 3.05) is 0 Å². The van der Waals surface area contributed by atoms with E-state index >= 15 is 0 Å². The van der Waals surface area contributed by atoms with Crippen molar-refractivity contribution >= 4 is 21.7 Å². The van der Waals surface area contributed by atoms with Gasteiger partial charge in [0.25, 0.3) is 0 Å². The number of ketones is 1. The first-order valence-electron chi connectivity index (χ1n) is 6.09. The van der Waals surface area contributed by atoms with Crippen LogP contribution >= 0.6 is 15.9 Å². The third-order valence-corrected chi connectivity index (χ3v) is 3.62. The summed E-state index contributed by atoms with van der Waals surface area (Å²) in [7, 11) is 0. The molecule has 1 heterocycles. The number of rotatable bonds is 4. The van der Waals surface area contributed by atoms with Gasteiger partial charge in [-0.3, -0.25) is 4.79 Å². The van der Waals surface area contributed by atoms with Crippen molar-refractivity contribution < 1.29 is 9.32 Å². The van der Waals surface area contributed by atoms with Gasteiger partial charge in [-0.15, -0.1) is 0 Å². The first-order valence-corrected chi connectivity index (χ1v) is 6.89. The molecule has 2 aromatic rings. The fourth-order valence-corrected chi connectivity index (χ4v) is 2.50. The summed E-state index contributed by atoms with van der Waals surface area (Å²) in [6.07, 6.45) is 0. The molecule has 0 aliphatic heterocycles. The molecular weight excluding hydrogens is 308 g/mol. The lowest BCUT2D eigenvalue weighted by molar-refractivity contribution is -0.119. The molecule has 0 aliphatic rings. The largest absolute Gasteiger partial charge is 0.338 e. The molecule has 100 valence electrons. The Balaban J connectivity index is 2.39. The molecular formula is C14H15BrN2O2. The third-order valence-electron chi connectivity index (χ3n) is 2.93. The Kier molecular flexibility index (Phi) is 4.14. The molecule has 0 spiro atoms. The quantitative estimate of drug-likeness (QED) is 0.858. The summed E-state index contributed by atoms with van der Waals surface area (Å²) in [5, 5.41) is 3.96. The van der Waals surface area contributed by atoms with E-state index in [-0.39, 0.29) is 17.6 Å². The lowest BCUT2D eigenvalue weighted by Crippen LogP contribution is -2.15. The van der Waals surface area contributed by atoms with Crippen LogP contribution in [-0.2, 0) is 4.79 Å². The van der Waals surface area contributed by atoms with Crippen LogP contribution in [0.2, 0.25) is 0 Å². The Morgan fingerprint density at radius 1 is 1.32 bits per heavy atom. The zero-order valence-electron chi connectivity index (χ0n) is 11.1. The highest BCUT2D eigenvalue weighted by Gasteiger charge is 2.27. The van der Waals surface area contributed by atoms with Crippen LogP contribution in [-0.4, -0.2) is 15.9 Å². The van der Waals surface area contributed by atoms with Crippen molar-refractivity contribution in [1.29, 1.82) is 0 Å². The van der Waals surface area contributed by atoms with Crippen molar-refractivity contribution in [1.82, 2.24) is 10.1 Å². The second-order valence-electron chi connectivity index (χ2n) is 4.77. The second-order valence-corrected chi connectivity index (χ2v) is 5.62. The summed E-state index contributed by atoms with van der Waals surface area (Å²) in [4.78, 5) is 16.0. The van der Waals surface area contributed by atoms with E-state index in [2.05, 4.69) is 26.1 Å². The van der Waals surface area contributed by atoms with Crippen LogP contribution in [0.4, 0.5) is 0 Å². The maximum absolute atomic E-state index is 11.7. The van der Waals surface area contributed by atoms with Gasteiger partial charge < -0.3 is 4.52 Å². The lowest BCUT2D eigenvalue weighted by atomic mass is 9.92. The SMILES string of the molecule is CC(=O)C(c1nc(-c2ccccc2Br)no1)C(C)C. The minimum absolute atomic E-state index is 0.0392. The third kappa shape index (κ3) is 2.92. The van der Waals surface area contributed by atoms with E-state index < -0.39 is 0 Å². The van der Waals surface area contributed by atoms with E-state index in [1.807, 2.05) is 38.1 Å². The number of carbonyl (C=O) groups is 1. The molecule has 4 nitrogen and oxygen atoms in total. The topological polar surface area (TPSA) is 56.0 Å². The van der Waals surface area contributed by atoms with Gasteiger partial charge in [0.1, 0.15) is 5.78 Å². The van der Waals surface area contributed by atoms with E-state index in [4.69, 9.17) is 4.52 Å². The van der Waals surface area contributed by atoms with Gasteiger partial charge in [-0.2, -0.15) is 4.98 Å². The molecule has 0 N–H and O–H groups in total. The number of benzene rings is 1. The van der Waals surface area contributed by atoms with Crippen molar-refractivity contribution in [3.05, 3.63) is 34.6 Å². The van der Waals surface area contributed by atoms with Gasteiger partial charge in [0.2, 0.25) is 11.7 Å². The van der Waals surface area contributed by atoms with Crippen molar-refractivity contribution in [3.8, 4) is 11.4 Å². The van der Waals surface area contributed by atoms with Gasteiger partial charge in [0.05, 0.1) is 5.92 Å². The average molecular weight is 323 g/mol. The maximum atomic E-state index is 11.7. The van der Waals surface area contributed by atoms with E-state index in [1.54, 1.807) is 6.92 Å². The molecule has 0 amide bonds. The minimum atomic E-state index is -0.344. The zero-order chi connectivity index (χ0) is 14.0. The summed E-state index contributed by atoms with van der Waals surface area (Å²) >= 11 is 3.45. The van der Waals surface area contributed by atoms with Crippen molar-refractivity contribution in [2.45, 2.75) is 26.7 Å². The molecule has 0 saturated heterocycles. The van der Waals surface area contributed by atoms with Gasteiger partial charge in [0.15, 0.2) is 0 Å². The molecule has 0 bridgehead atoms. The number of hydrogen-bond donors (Lipinski definition) is 0. The summed E-state index contributed by atoms with van der Waals surface area (Å²) < 4.78 is 6.15. The molecule has 1 aromatic heterocycles. The number of Topliss-reactive ketones (excluding diaryl/α,β-unsaturated/α-hetero) is 1. The van der Waals surface area contributed by atoms with E-state index in [0.717, 1.165) is 10.0 Å². The van der Waals surface area contributed by atoms with E-state index in [9.17, 15) is 4.79 Å². The van der Waals surface area contributed by atoms with Crippen LogP contribution in [0.5, 0.6) is 0 Å². The fraction of sp³-hybridized carbons (Fsp3) is 0.357. The molecule has 1 aromatic carbocycles. The Morgan fingerprint density at radius 2 is 2.00 bits per heavy atom. The highest BCUT2D eigenvalue weighted by molar-refractivity contribution is 9.10. The summed E-state index contributed by atoms with van der Waals surface area (Å²) in [5.41, 5.74) is 0.851. The molecule has 0 aliphatic carbocycles. The van der Waals surface area contributed by atoms with Gasteiger partial charge in [-0.25, -0.2) is 0 Å². The fourth-order valence-electron chi connectivity index (χ4n) is 2.04. The molecule has 19 heavy (non-hydrogen) atoms. The monoisotopic (exact) mass is 322 g/mol. The number of aromatic nitrogens is 2. The van der Waals surface area contributed by atoms with Crippen LogP contribution in [0.3, 0.4) is 0 Å². The highest BCUT2D eigenvalue weighted by atomic mass is 79.9. The zero-order valence-corrected chi connectivity index (χ0v) is 12.6. The van der Waals surface area contributed by atoms with Gasteiger partial charge in [-0.1, -0.05) is 47.1 Å². The van der Waals surface area contributed by atoms with Crippen LogP contribution in [0, 0.1) is 5.92 Å². The van der Waals surface area contributed by atoms with Crippen molar-refractivity contribution in [2.24, 2.45) is 5.92 Å². The average Bonchev–Trinajstić information content (AvgIpc) is 2.77. The molecule has 0 saturated carbocycles. The van der Waals surface area contributed by atoms with Gasteiger partial charge in [0, 0.05) is 10.0 Å². The number of carbonyl (C=O) groups excluding carboxylic acids is 1. The van der Waals surface area contributed by atoms with Gasteiger partial charge in [-0.05, 0) is 25.0 Å². The summed E-state index contributed by atoms with van der Waals surface area (Å²) in [6, 6.07) is 7.63. The molecule has 1 atom stereocenters. The van der Waals surface area contributed by atoms with E-state index in [1.165, 1.54) is 0 Å². The van der Waals surface area contributed by atoms with Crippen LogP contribution < -0.4 is 0 Å². The Hall–Kier alpha value is -1.49. The van der Waals surface area contributed by atoms with E-state index in [0.29, 0.717) is 11.7 Å². The maximum Gasteiger partial charge on any atom is 0.237 e. The highest BCUT2D eigenvalue weighted by Crippen LogP contribution is 2.29. The minimum Gasteiger partial charge on any atom is -0.338 e. The standard InChI is InChI=1S/C14H15BrN2O2/c1-8(2)12(9(3)18)14-16-13(17-19-14)10-6-4-5-7-11(10)15/h4-8,12H,1-3H3. The molecule has 2 rings (SSSR count). The molecule has 0 fully saturated rings. The first kappa shape index (κ1) is 13.9. The Bertz CT molecular complexity index is 593. The number of halogens is 1.